The van der Waals surface area contributed by atoms with Crippen LogP contribution in [0.4, 0.5) is 0 Å². The Bertz CT molecular complexity index is 689. The smallest absolute Gasteiger partial charge is 0.297 e. The average Bonchev–Trinajstić information content (AvgIpc) is 2.58. The summed E-state index contributed by atoms with van der Waals surface area (Å²) in [5, 5.41) is 10.2. The first-order valence-electron chi connectivity index (χ1n) is 8.61. The Hall–Kier alpha value is -1.43. The van der Waals surface area contributed by atoms with Gasteiger partial charge in [0.25, 0.3) is 10.1 Å². The quantitative estimate of drug-likeness (QED) is 0.524. The lowest BCUT2D eigenvalue weighted by Gasteiger charge is -2.23. The van der Waals surface area contributed by atoms with E-state index < -0.39 is 22.3 Å². The lowest BCUT2D eigenvalue weighted by Crippen LogP contribution is -2.25. The second-order valence-electron chi connectivity index (χ2n) is 6.62. The van der Waals surface area contributed by atoms with Crippen molar-refractivity contribution in [3.05, 3.63) is 54.1 Å². The van der Waals surface area contributed by atoms with Gasteiger partial charge in [-0.05, 0) is 38.0 Å². The maximum absolute atomic E-state index is 12.5. The van der Waals surface area contributed by atoms with Gasteiger partial charge in [0, 0.05) is 11.8 Å². The van der Waals surface area contributed by atoms with Gasteiger partial charge in [-0.2, -0.15) is 8.42 Å². The summed E-state index contributed by atoms with van der Waals surface area (Å²) in [4.78, 5) is 0.157. The average molecular weight is 367 g/mol. The van der Waals surface area contributed by atoms with Crippen LogP contribution < -0.4 is 0 Å². The molecule has 0 heterocycles. The van der Waals surface area contributed by atoms with Crippen LogP contribution in [-0.2, 0) is 14.3 Å². The zero-order chi connectivity index (χ0) is 19.2. The van der Waals surface area contributed by atoms with E-state index in [0.29, 0.717) is 6.42 Å². The fraction of sp³-hybridized carbons (Fsp3) is 0.500. The molecule has 0 saturated heterocycles. The van der Waals surface area contributed by atoms with E-state index in [0.717, 1.165) is 11.1 Å². The fourth-order valence-electron chi connectivity index (χ4n) is 2.61. The zero-order valence-electron chi connectivity index (χ0n) is 15.8. The highest BCUT2D eigenvalue weighted by molar-refractivity contribution is 7.86. The first-order valence-corrected chi connectivity index (χ1v) is 10.0. The molecule has 0 radical (unpaired) electrons. The highest BCUT2D eigenvalue weighted by atomic mass is 32.2. The van der Waals surface area contributed by atoms with Crippen molar-refractivity contribution >= 4 is 10.1 Å². The summed E-state index contributed by atoms with van der Waals surface area (Å²) < 4.78 is 30.4. The number of rotatable bonds is 9. The van der Waals surface area contributed by atoms with Crippen LogP contribution in [0.2, 0.25) is 0 Å². The van der Waals surface area contributed by atoms with Crippen LogP contribution in [-0.4, -0.2) is 25.7 Å². The molecule has 5 heteroatoms. The summed E-state index contributed by atoms with van der Waals surface area (Å²) >= 11 is 0. The third kappa shape index (κ3) is 6.10. The molecule has 1 aromatic rings. The SMILES string of the molecule is C=C[C@@H](C)[C@@H](O)/C(C)=C/[C@H](C)[C@H](CC)OS(=O)(=O)c1ccc(C)cc1. The van der Waals surface area contributed by atoms with Crippen LogP contribution in [0.15, 0.2) is 53.5 Å². The summed E-state index contributed by atoms with van der Waals surface area (Å²) in [5.74, 6) is -0.224. The van der Waals surface area contributed by atoms with Gasteiger partial charge in [-0.1, -0.05) is 50.6 Å². The molecule has 0 spiro atoms. The lowest BCUT2D eigenvalue weighted by molar-refractivity contribution is 0.158. The van der Waals surface area contributed by atoms with Gasteiger partial charge >= 0.3 is 0 Å². The Balaban J connectivity index is 2.94. The first-order chi connectivity index (χ1) is 11.6. The molecule has 1 aromatic carbocycles. The third-order valence-electron chi connectivity index (χ3n) is 4.41. The highest BCUT2D eigenvalue weighted by Crippen LogP contribution is 2.23. The molecule has 1 rings (SSSR count). The minimum Gasteiger partial charge on any atom is -0.388 e. The van der Waals surface area contributed by atoms with Crippen LogP contribution in [0.25, 0.3) is 0 Å². The van der Waals surface area contributed by atoms with Crippen molar-refractivity contribution < 1.29 is 17.7 Å². The maximum atomic E-state index is 12.5. The molecule has 0 aliphatic carbocycles. The molecular weight excluding hydrogens is 336 g/mol. The van der Waals surface area contributed by atoms with Gasteiger partial charge < -0.3 is 5.11 Å². The van der Waals surface area contributed by atoms with Gasteiger partial charge in [0.05, 0.1) is 17.1 Å². The van der Waals surface area contributed by atoms with Crippen molar-refractivity contribution in [2.24, 2.45) is 11.8 Å². The summed E-state index contributed by atoms with van der Waals surface area (Å²) in [7, 11) is -3.82. The summed E-state index contributed by atoms with van der Waals surface area (Å²) in [6, 6.07) is 6.60. The van der Waals surface area contributed by atoms with Crippen LogP contribution in [0, 0.1) is 18.8 Å². The molecule has 1 N–H and O–H groups in total. The first kappa shape index (κ1) is 21.6. The monoisotopic (exact) mass is 366 g/mol. The Morgan fingerprint density at radius 3 is 2.28 bits per heavy atom. The fourth-order valence-corrected chi connectivity index (χ4v) is 3.83. The van der Waals surface area contributed by atoms with Gasteiger partial charge in [-0.3, -0.25) is 4.18 Å². The predicted octanol–water partition coefficient (Wildman–Crippen LogP) is 4.24. The molecular formula is C20H30O4S. The van der Waals surface area contributed by atoms with Crippen LogP contribution in [0.3, 0.4) is 0 Å². The second kappa shape index (κ2) is 9.32. The van der Waals surface area contributed by atoms with Crippen molar-refractivity contribution in [1.82, 2.24) is 0 Å². The lowest BCUT2D eigenvalue weighted by atomic mass is 9.93. The normalized spacial score (nSPS) is 17.6. The van der Waals surface area contributed by atoms with Gasteiger partial charge in [-0.15, -0.1) is 6.58 Å². The van der Waals surface area contributed by atoms with E-state index >= 15 is 0 Å². The molecule has 25 heavy (non-hydrogen) atoms. The number of aryl methyl sites for hydroxylation is 1. The van der Waals surface area contributed by atoms with E-state index in [9.17, 15) is 13.5 Å². The number of aliphatic hydroxyl groups is 1. The minimum absolute atomic E-state index is 0.0688. The number of hydrogen-bond donors (Lipinski definition) is 1. The molecule has 4 atom stereocenters. The Kier molecular flexibility index (Phi) is 8.06. The highest BCUT2D eigenvalue weighted by Gasteiger charge is 2.25. The van der Waals surface area contributed by atoms with Crippen molar-refractivity contribution in [3.8, 4) is 0 Å². The van der Waals surface area contributed by atoms with E-state index in [4.69, 9.17) is 4.18 Å². The number of hydrogen-bond acceptors (Lipinski definition) is 4. The summed E-state index contributed by atoms with van der Waals surface area (Å²) in [6.07, 6.45) is 2.99. The van der Waals surface area contributed by atoms with Gasteiger partial charge in [0.2, 0.25) is 0 Å². The molecule has 4 nitrogen and oxygen atoms in total. The Morgan fingerprint density at radius 2 is 1.80 bits per heavy atom. The Morgan fingerprint density at radius 1 is 1.24 bits per heavy atom. The second-order valence-corrected chi connectivity index (χ2v) is 8.19. The van der Waals surface area contributed by atoms with Crippen molar-refractivity contribution in [3.63, 3.8) is 0 Å². The molecule has 0 saturated carbocycles. The molecule has 0 aliphatic heterocycles. The number of aliphatic hydroxyl groups excluding tert-OH is 1. The van der Waals surface area contributed by atoms with E-state index in [2.05, 4.69) is 6.58 Å². The van der Waals surface area contributed by atoms with Crippen molar-refractivity contribution in [2.75, 3.05) is 0 Å². The summed E-state index contributed by atoms with van der Waals surface area (Å²) in [6.45, 7) is 13.1. The third-order valence-corrected chi connectivity index (χ3v) is 5.76. The molecule has 0 fully saturated rings. The van der Waals surface area contributed by atoms with Gasteiger partial charge in [0.15, 0.2) is 0 Å². The van der Waals surface area contributed by atoms with E-state index in [-0.39, 0.29) is 16.7 Å². The molecule has 0 aromatic heterocycles. The van der Waals surface area contributed by atoms with Crippen LogP contribution in [0.1, 0.15) is 39.7 Å². The molecule has 0 amide bonds. The van der Waals surface area contributed by atoms with Crippen molar-refractivity contribution in [1.29, 1.82) is 0 Å². The topological polar surface area (TPSA) is 63.6 Å². The molecule has 0 aliphatic rings. The standard InChI is InChI=1S/C20H30O4S/c1-7-15(4)20(21)17(6)13-16(5)19(8-2)24-25(22,23)18-11-9-14(3)10-12-18/h7,9-13,15-16,19-21H,1,8H2,2-6H3/b17-13+/t15-,16+,19+,20-/m1/s1. The Labute approximate surface area is 152 Å². The maximum Gasteiger partial charge on any atom is 0.297 e. The molecule has 0 bridgehead atoms. The van der Waals surface area contributed by atoms with Crippen molar-refractivity contribution in [2.45, 2.75) is 58.1 Å². The van der Waals surface area contributed by atoms with E-state index in [1.54, 1.807) is 30.3 Å². The van der Waals surface area contributed by atoms with E-state index in [1.807, 2.05) is 40.7 Å². The number of benzene rings is 1. The van der Waals surface area contributed by atoms with Crippen LogP contribution >= 0.6 is 0 Å². The van der Waals surface area contributed by atoms with E-state index in [1.165, 1.54) is 0 Å². The van der Waals surface area contributed by atoms with Crippen LogP contribution in [0.5, 0.6) is 0 Å². The summed E-state index contributed by atoms with van der Waals surface area (Å²) in [5.41, 5.74) is 1.78. The van der Waals surface area contributed by atoms with Gasteiger partial charge in [0.1, 0.15) is 0 Å². The minimum atomic E-state index is -3.82. The zero-order valence-corrected chi connectivity index (χ0v) is 16.6. The molecule has 0 unspecified atom stereocenters. The largest absolute Gasteiger partial charge is 0.388 e. The predicted molar refractivity (Wildman–Crippen MR) is 102 cm³/mol. The van der Waals surface area contributed by atoms with Gasteiger partial charge in [-0.25, -0.2) is 0 Å². The molecule has 140 valence electrons.